The van der Waals surface area contributed by atoms with Gasteiger partial charge in [0.1, 0.15) is 17.6 Å². The molecule has 0 aromatic rings. The minimum absolute atomic E-state index is 0. The van der Waals surface area contributed by atoms with Gasteiger partial charge in [-0.3, -0.25) is 0 Å². The fourth-order valence-corrected chi connectivity index (χ4v) is 0.232. The molecule has 0 bridgehead atoms. The molecule has 0 radical (unpaired) electrons. The van der Waals surface area contributed by atoms with E-state index in [-0.39, 0.29) is 31.0 Å². The van der Waals surface area contributed by atoms with Gasteiger partial charge < -0.3 is 15.9 Å². The summed E-state index contributed by atoms with van der Waals surface area (Å²) in [6.45, 7) is 0. The van der Waals surface area contributed by atoms with E-state index in [2.05, 4.69) is 4.18 Å². The molecule has 8 heavy (non-hydrogen) atoms. The normalized spacial score (nSPS) is 12.6. The second-order valence-electron chi connectivity index (χ2n) is 0.629. The quantitative estimate of drug-likeness (QED) is 0.247. The van der Waals surface area contributed by atoms with Crippen molar-refractivity contribution in [2.45, 2.75) is 0 Å². The van der Waals surface area contributed by atoms with Gasteiger partial charge in [-0.15, -0.1) is 0 Å². The fourth-order valence-electron chi connectivity index (χ4n) is 0.0774. The zero-order valence-corrected chi connectivity index (χ0v) is 7.18. The Morgan fingerprint density at radius 3 is 2.50 bits per heavy atom. The van der Waals surface area contributed by atoms with Crippen LogP contribution in [0.4, 0.5) is 0 Å². The molecule has 0 rings (SSSR count). The van der Waals surface area contributed by atoms with Crippen LogP contribution >= 0.6 is 0 Å². The Bertz CT molecular complexity index is 99.8. The van der Waals surface area contributed by atoms with Crippen molar-refractivity contribution in [2.75, 3.05) is 0 Å². The average Bonchev–Trinajstić information content (AvgIpc) is 1.61. The van der Waals surface area contributed by atoms with Crippen molar-refractivity contribution in [3.63, 3.8) is 0 Å². The Morgan fingerprint density at radius 2 is 2.38 bits per heavy atom. The SMILES string of the molecule is NC=COS(=O)[O-].[H-].[Na+]. The Morgan fingerprint density at radius 1 is 1.88 bits per heavy atom. The average molecular weight is 146 g/mol. The smallest absolute Gasteiger partial charge is 1.00 e. The topological polar surface area (TPSA) is 75.4 Å². The van der Waals surface area contributed by atoms with Crippen molar-refractivity contribution in [3.8, 4) is 0 Å². The second kappa shape index (κ2) is 7.45. The maximum atomic E-state index is 9.43. The molecule has 1 unspecified atom stereocenters. The maximum absolute atomic E-state index is 9.43. The molecule has 4 nitrogen and oxygen atoms in total. The summed E-state index contributed by atoms with van der Waals surface area (Å²) >= 11 is -2.48. The van der Waals surface area contributed by atoms with Gasteiger partial charge in [0.2, 0.25) is 0 Å². The number of hydrogen-bond donors (Lipinski definition) is 1. The summed E-state index contributed by atoms with van der Waals surface area (Å²) in [5, 5.41) is 0. The molecule has 0 aliphatic carbocycles. The first-order chi connectivity index (χ1) is 3.27. The summed E-state index contributed by atoms with van der Waals surface area (Å²) < 4.78 is 22.7. The van der Waals surface area contributed by atoms with Gasteiger partial charge in [-0.1, -0.05) is 0 Å². The molecule has 0 heterocycles. The van der Waals surface area contributed by atoms with E-state index in [1.807, 2.05) is 0 Å². The third-order valence-corrected chi connectivity index (χ3v) is 0.481. The molecule has 1 atom stereocenters. The van der Waals surface area contributed by atoms with Crippen LogP contribution < -0.4 is 35.3 Å². The van der Waals surface area contributed by atoms with E-state index in [9.17, 15) is 8.76 Å². The molecule has 0 aromatic carbocycles. The van der Waals surface area contributed by atoms with Gasteiger partial charge in [0.25, 0.3) is 0 Å². The van der Waals surface area contributed by atoms with Gasteiger partial charge in [-0.2, -0.15) is 0 Å². The first-order valence-corrected chi connectivity index (χ1v) is 2.40. The zero-order valence-electron chi connectivity index (χ0n) is 5.37. The van der Waals surface area contributed by atoms with Crippen molar-refractivity contribution < 1.29 is 43.9 Å². The number of rotatable bonds is 2. The minimum Gasteiger partial charge on any atom is -1.00 e. The molecule has 0 amide bonds. The Balaban J connectivity index is -0.000000180. The monoisotopic (exact) mass is 146 g/mol. The molecule has 0 aromatic heterocycles. The van der Waals surface area contributed by atoms with Gasteiger partial charge in [0, 0.05) is 6.20 Å². The standard InChI is InChI=1S/C2H5NO3S.Na.H/c3-1-2-6-7(4)5;;/h1-2H,3H2,(H,4,5);;/q;+1;-1/p-1. The summed E-state index contributed by atoms with van der Waals surface area (Å²) in [4.78, 5) is 0. The van der Waals surface area contributed by atoms with Gasteiger partial charge in [-0.05, 0) is 0 Å². The van der Waals surface area contributed by atoms with Crippen molar-refractivity contribution in [1.29, 1.82) is 0 Å². The van der Waals surface area contributed by atoms with Gasteiger partial charge in [0.15, 0.2) is 0 Å². The van der Waals surface area contributed by atoms with Crippen molar-refractivity contribution in [1.82, 2.24) is 0 Å². The molecule has 0 saturated heterocycles. The molecule has 0 fully saturated rings. The predicted molar refractivity (Wildman–Crippen MR) is 24.4 cm³/mol. The molecule has 6 heteroatoms. The van der Waals surface area contributed by atoms with E-state index < -0.39 is 11.4 Å². The zero-order chi connectivity index (χ0) is 5.70. The Hall–Kier alpha value is 0.450. The molecule has 0 aliphatic rings. The largest absolute Gasteiger partial charge is 1.00 e. The van der Waals surface area contributed by atoms with E-state index in [0.29, 0.717) is 0 Å². The van der Waals surface area contributed by atoms with Crippen LogP contribution in [-0.2, 0) is 15.5 Å². The van der Waals surface area contributed by atoms with Crippen molar-refractivity contribution in [2.24, 2.45) is 5.73 Å². The Labute approximate surface area is 73.4 Å². The van der Waals surface area contributed by atoms with E-state index in [1.54, 1.807) is 0 Å². The van der Waals surface area contributed by atoms with Gasteiger partial charge in [-0.25, -0.2) is 4.21 Å². The predicted octanol–water partition coefficient (Wildman–Crippen LogP) is -3.66. The molecule has 0 aliphatic heterocycles. The van der Waals surface area contributed by atoms with Gasteiger partial charge in [0.05, 0.1) is 0 Å². The summed E-state index contributed by atoms with van der Waals surface area (Å²) in [6, 6.07) is 0. The van der Waals surface area contributed by atoms with E-state index in [0.717, 1.165) is 12.5 Å². The summed E-state index contributed by atoms with van der Waals surface area (Å²) in [7, 11) is 0. The van der Waals surface area contributed by atoms with Gasteiger partial charge >= 0.3 is 29.6 Å². The fraction of sp³-hybridized carbons (Fsp3) is 0. The van der Waals surface area contributed by atoms with Crippen LogP contribution in [0.25, 0.3) is 0 Å². The van der Waals surface area contributed by atoms with E-state index >= 15 is 0 Å². The minimum atomic E-state index is -2.48. The van der Waals surface area contributed by atoms with Crippen LogP contribution in [0, 0.1) is 0 Å². The Kier molecular flexibility index (Phi) is 10.5. The third-order valence-electron chi connectivity index (χ3n) is 0.213. The molecule has 44 valence electrons. The van der Waals surface area contributed by atoms with Crippen LogP contribution in [0.3, 0.4) is 0 Å². The van der Waals surface area contributed by atoms with Crippen molar-refractivity contribution in [3.05, 3.63) is 12.5 Å². The van der Waals surface area contributed by atoms with E-state index in [1.165, 1.54) is 0 Å². The second-order valence-corrected chi connectivity index (χ2v) is 1.23. The summed E-state index contributed by atoms with van der Waals surface area (Å²) in [6.07, 6.45) is 1.85. The summed E-state index contributed by atoms with van der Waals surface area (Å²) in [5.74, 6) is 0. The maximum Gasteiger partial charge on any atom is 1.00 e. The summed E-state index contributed by atoms with van der Waals surface area (Å²) in [5.41, 5.74) is 4.70. The van der Waals surface area contributed by atoms with E-state index in [4.69, 9.17) is 5.73 Å². The van der Waals surface area contributed by atoms with Crippen molar-refractivity contribution >= 4 is 11.4 Å². The van der Waals surface area contributed by atoms with Crippen LogP contribution in [0.2, 0.25) is 0 Å². The first-order valence-electron chi connectivity index (χ1n) is 1.40. The molecule has 0 saturated carbocycles. The van der Waals surface area contributed by atoms with Crippen LogP contribution in [-0.4, -0.2) is 8.76 Å². The number of hydrogen-bond acceptors (Lipinski definition) is 4. The van der Waals surface area contributed by atoms with Crippen LogP contribution in [0.1, 0.15) is 1.43 Å². The number of nitrogens with two attached hydrogens (primary N) is 1. The third kappa shape index (κ3) is 9.67. The first kappa shape index (κ1) is 11.3. The molecular formula is C2H5NNaO3S-. The molecular weight excluding hydrogens is 141 g/mol. The van der Waals surface area contributed by atoms with Crippen LogP contribution in [0.15, 0.2) is 12.5 Å². The molecule has 2 N–H and O–H groups in total. The van der Waals surface area contributed by atoms with Crippen LogP contribution in [0.5, 0.6) is 0 Å². The molecule has 0 spiro atoms.